The highest BCUT2D eigenvalue weighted by Gasteiger charge is 2.40. The first-order valence-electron chi connectivity index (χ1n) is 7.48. The second kappa shape index (κ2) is 6.52. The average Bonchev–Trinajstić information content (AvgIpc) is 2.72. The SMILES string of the molecule is CCCCC(C)N1C(=O)C(C)NC1c1ccc(F)cc1F. The van der Waals surface area contributed by atoms with Crippen LogP contribution in [-0.2, 0) is 4.79 Å². The Morgan fingerprint density at radius 3 is 2.71 bits per heavy atom. The molecule has 0 radical (unpaired) electrons. The van der Waals surface area contributed by atoms with Crippen molar-refractivity contribution >= 4 is 5.91 Å². The van der Waals surface area contributed by atoms with Gasteiger partial charge in [-0.2, -0.15) is 0 Å². The topological polar surface area (TPSA) is 32.3 Å². The molecule has 3 nitrogen and oxygen atoms in total. The highest BCUT2D eigenvalue weighted by Crippen LogP contribution is 2.30. The van der Waals surface area contributed by atoms with Crippen LogP contribution in [0, 0.1) is 11.6 Å². The van der Waals surface area contributed by atoms with Gasteiger partial charge >= 0.3 is 0 Å². The molecule has 21 heavy (non-hydrogen) atoms. The van der Waals surface area contributed by atoms with E-state index >= 15 is 0 Å². The number of carbonyl (C=O) groups excluding carboxylic acids is 1. The highest BCUT2D eigenvalue weighted by atomic mass is 19.1. The first-order chi connectivity index (χ1) is 9.95. The minimum atomic E-state index is -0.623. The lowest BCUT2D eigenvalue weighted by atomic mass is 10.1. The third-order valence-electron chi connectivity index (χ3n) is 4.02. The van der Waals surface area contributed by atoms with Crippen molar-refractivity contribution in [2.45, 2.75) is 58.3 Å². The Kier molecular flexibility index (Phi) is 4.93. The maximum Gasteiger partial charge on any atom is 0.241 e. The minimum Gasteiger partial charge on any atom is -0.319 e. The fourth-order valence-electron chi connectivity index (χ4n) is 2.81. The number of carbonyl (C=O) groups is 1. The fraction of sp³-hybridized carbons (Fsp3) is 0.562. The standard InChI is InChI=1S/C16H22F2N2O/c1-4-5-6-10(2)20-15(19-11(3)16(20)21)13-8-7-12(17)9-14(13)18/h7-11,15,19H,4-6H2,1-3H3. The molecule has 3 unspecified atom stereocenters. The molecule has 1 saturated heterocycles. The summed E-state index contributed by atoms with van der Waals surface area (Å²) in [4.78, 5) is 14.0. The smallest absolute Gasteiger partial charge is 0.241 e. The van der Waals surface area contributed by atoms with E-state index in [9.17, 15) is 13.6 Å². The van der Waals surface area contributed by atoms with Crippen LogP contribution in [0.2, 0.25) is 0 Å². The molecule has 1 aliphatic rings. The Balaban J connectivity index is 2.29. The van der Waals surface area contributed by atoms with Gasteiger partial charge in [0, 0.05) is 17.7 Å². The molecule has 116 valence electrons. The van der Waals surface area contributed by atoms with Crippen LogP contribution in [0.1, 0.15) is 51.8 Å². The van der Waals surface area contributed by atoms with Crippen molar-refractivity contribution < 1.29 is 13.6 Å². The molecule has 1 aliphatic heterocycles. The third kappa shape index (κ3) is 3.23. The number of nitrogens with zero attached hydrogens (tertiary/aromatic N) is 1. The molecule has 5 heteroatoms. The molecule has 0 aliphatic carbocycles. The first kappa shape index (κ1) is 15.9. The van der Waals surface area contributed by atoms with E-state index in [1.807, 2.05) is 6.92 Å². The molecule has 0 saturated carbocycles. The fourth-order valence-corrected chi connectivity index (χ4v) is 2.81. The van der Waals surface area contributed by atoms with Crippen LogP contribution >= 0.6 is 0 Å². The molecule has 1 aromatic rings. The van der Waals surface area contributed by atoms with E-state index < -0.39 is 17.8 Å². The van der Waals surface area contributed by atoms with Crippen molar-refractivity contribution in [1.29, 1.82) is 0 Å². The van der Waals surface area contributed by atoms with Crippen molar-refractivity contribution in [3.8, 4) is 0 Å². The molecule has 1 N–H and O–H groups in total. The minimum absolute atomic E-state index is 0.0179. The van der Waals surface area contributed by atoms with Gasteiger partial charge in [-0.3, -0.25) is 10.1 Å². The average molecular weight is 296 g/mol. The summed E-state index contributed by atoms with van der Waals surface area (Å²) >= 11 is 0. The van der Waals surface area contributed by atoms with Gasteiger partial charge < -0.3 is 4.90 Å². The van der Waals surface area contributed by atoms with Gasteiger partial charge in [-0.1, -0.05) is 19.8 Å². The van der Waals surface area contributed by atoms with Crippen LogP contribution in [0.5, 0.6) is 0 Å². The van der Waals surface area contributed by atoms with Gasteiger partial charge in [0.15, 0.2) is 0 Å². The van der Waals surface area contributed by atoms with Gasteiger partial charge in [0.05, 0.1) is 6.04 Å². The van der Waals surface area contributed by atoms with Crippen LogP contribution in [-0.4, -0.2) is 22.9 Å². The largest absolute Gasteiger partial charge is 0.319 e. The summed E-state index contributed by atoms with van der Waals surface area (Å²) in [6.07, 6.45) is 2.40. The zero-order valence-corrected chi connectivity index (χ0v) is 12.7. The van der Waals surface area contributed by atoms with Crippen molar-refractivity contribution in [3.05, 3.63) is 35.4 Å². The van der Waals surface area contributed by atoms with Crippen molar-refractivity contribution in [3.63, 3.8) is 0 Å². The van der Waals surface area contributed by atoms with Crippen molar-refractivity contribution in [2.24, 2.45) is 0 Å². The van der Waals surface area contributed by atoms with E-state index in [0.29, 0.717) is 5.56 Å². The van der Waals surface area contributed by atoms with Crippen LogP contribution < -0.4 is 5.32 Å². The van der Waals surface area contributed by atoms with E-state index in [1.54, 1.807) is 11.8 Å². The van der Waals surface area contributed by atoms with Crippen molar-refractivity contribution in [1.82, 2.24) is 10.2 Å². The normalized spacial score (nSPS) is 23.7. The van der Waals surface area contributed by atoms with Crippen LogP contribution in [0.25, 0.3) is 0 Å². The second-order valence-electron chi connectivity index (χ2n) is 5.69. The van der Waals surface area contributed by atoms with Gasteiger partial charge in [-0.05, 0) is 32.4 Å². The summed E-state index contributed by atoms with van der Waals surface area (Å²) in [6, 6.07) is 3.16. The second-order valence-corrected chi connectivity index (χ2v) is 5.69. The monoisotopic (exact) mass is 296 g/mol. The molecule has 1 fully saturated rings. The van der Waals surface area contributed by atoms with Gasteiger partial charge in [0.1, 0.15) is 17.8 Å². The molecular formula is C16H22F2N2O. The molecule has 1 heterocycles. The summed E-state index contributed by atoms with van der Waals surface area (Å²) in [5.41, 5.74) is 0.317. The summed E-state index contributed by atoms with van der Waals surface area (Å²) in [5.74, 6) is -1.27. The first-order valence-corrected chi connectivity index (χ1v) is 7.48. The molecule has 0 aromatic heterocycles. The molecule has 3 atom stereocenters. The van der Waals surface area contributed by atoms with Gasteiger partial charge in [-0.15, -0.1) is 0 Å². The lowest BCUT2D eigenvalue weighted by Crippen LogP contribution is -2.38. The predicted octanol–water partition coefficient (Wildman–Crippen LogP) is 3.36. The number of nitrogens with one attached hydrogen (secondary N) is 1. The maximum atomic E-state index is 14.0. The molecule has 1 amide bonds. The molecule has 0 spiro atoms. The maximum absolute atomic E-state index is 14.0. The van der Waals surface area contributed by atoms with Crippen LogP contribution in [0.3, 0.4) is 0 Å². The highest BCUT2D eigenvalue weighted by molar-refractivity contribution is 5.84. The quantitative estimate of drug-likeness (QED) is 0.903. The molecule has 2 rings (SSSR count). The lowest BCUT2D eigenvalue weighted by molar-refractivity contribution is -0.132. The zero-order chi connectivity index (χ0) is 15.6. The Labute approximate surface area is 124 Å². The van der Waals surface area contributed by atoms with Gasteiger partial charge in [0.25, 0.3) is 0 Å². The summed E-state index contributed by atoms with van der Waals surface area (Å²) in [5, 5.41) is 3.10. The van der Waals surface area contributed by atoms with E-state index in [1.165, 1.54) is 12.1 Å². The van der Waals surface area contributed by atoms with Gasteiger partial charge in [0.2, 0.25) is 5.91 Å². The van der Waals surface area contributed by atoms with Crippen LogP contribution in [0.4, 0.5) is 8.78 Å². The number of hydrogen-bond acceptors (Lipinski definition) is 2. The number of unbranched alkanes of at least 4 members (excludes halogenated alkanes) is 1. The Bertz CT molecular complexity index is 521. The number of benzene rings is 1. The number of amides is 1. The van der Waals surface area contributed by atoms with Gasteiger partial charge in [-0.25, -0.2) is 8.78 Å². The summed E-state index contributed by atoms with van der Waals surface area (Å²) in [7, 11) is 0. The predicted molar refractivity (Wildman–Crippen MR) is 77.5 cm³/mol. The van der Waals surface area contributed by atoms with E-state index in [4.69, 9.17) is 0 Å². The number of hydrogen-bond donors (Lipinski definition) is 1. The molecule has 1 aromatic carbocycles. The summed E-state index contributed by atoms with van der Waals surface area (Å²) < 4.78 is 27.1. The van der Waals surface area contributed by atoms with Crippen LogP contribution in [0.15, 0.2) is 18.2 Å². The van der Waals surface area contributed by atoms with E-state index in [2.05, 4.69) is 12.2 Å². The molecule has 0 bridgehead atoms. The third-order valence-corrected chi connectivity index (χ3v) is 4.02. The van der Waals surface area contributed by atoms with E-state index in [-0.39, 0.29) is 18.0 Å². The summed E-state index contributed by atoms with van der Waals surface area (Å²) in [6.45, 7) is 5.83. The Hall–Kier alpha value is -1.49. The van der Waals surface area contributed by atoms with E-state index in [0.717, 1.165) is 25.3 Å². The zero-order valence-electron chi connectivity index (χ0n) is 12.7. The Morgan fingerprint density at radius 2 is 2.10 bits per heavy atom. The number of halogens is 2. The Morgan fingerprint density at radius 1 is 1.38 bits per heavy atom. The lowest BCUT2D eigenvalue weighted by Gasteiger charge is -2.31. The number of rotatable bonds is 5. The van der Waals surface area contributed by atoms with Crippen molar-refractivity contribution in [2.75, 3.05) is 0 Å². The molecular weight excluding hydrogens is 274 g/mol.